The van der Waals surface area contributed by atoms with Crippen LogP contribution >= 0.6 is 0 Å². The molecule has 1 amide bonds. The average Bonchev–Trinajstić information content (AvgIpc) is 2.97. The zero-order valence-corrected chi connectivity index (χ0v) is 11.9. The molecule has 0 spiro atoms. The molecular weight excluding hydrogens is 242 g/mol. The standard InChI is InChI=1S/C15H25NO3/c1-19-15(18)13-7-4-10-16(11-13)14(17)9-8-12-5-2-3-6-12/h12-13H,2-11H2,1H3/t13-/m0/s1. The maximum absolute atomic E-state index is 12.2. The van der Waals surface area contributed by atoms with E-state index >= 15 is 0 Å². The van der Waals surface area contributed by atoms with Gasteiger partial charge in [0, 0.05) is 19.5 Å². The van der Waals surface area contributed by atoms with E-state index in [4.69, 9.17) is 4.74 Å². The van der Waals surface area contributed by atoms with Gasteiger partial charge in [0.1, 0.15) is 0 Å². The Balaban J connectivity index is 1.76. The minimum Gasteiger partial charge on any atom is -0.469 e. The van der Waals surface area contributed by atoms with E-state index in [9.17, 15) is 9.59 Å². The summed E-state index contributed by atoms with van der Waals surface area (Å²) >= 11 is 0. The number of carbonyl (C=O) groups is 2. The summed E-state index contributed by atoms with van der Waals surface area (Å²) in [7, 11) is 1.42. The van der Waals surface area contributed by atoms with Crippen LogP contribution in [0.5, 0.6) is 0 Å². The van der Waals surface area contributed by atoms with Crippen molar-refractivity contribution in [3.63, 3.8) is 0 Å². The first-order valence-electron chi connectivity index (χ1n) is 7.56. The number of ether oxygens (including phenoxy) is 1. The Morgan fingerprint density at radius 1 is 1.16 bits per heavy atom. The first kappa shape index (κ1) is 14.4. The average molecular weight is 267 g/mol. The van der Waals surface area contributed by atoms with Gasteiger partial charge in [0.2, 0.25) is 5.91 Å². The molecule has 0 unspecified atom stereocenters. The highest BCUT2D eigenvalue weighted by molar-refractivity contribution is 5.78. The van der Waals surface area contributed by atoms with E-state index in [0.29, 0.717) is 13.0 Å². The van der Waals surface area contributed by atoms with Gasteiger partial charge >= 0.3 is 5.97 Å². The molecule has 2 rings (SSSR count). The third-order valence-electron chi connectivity index (χ3n) is 4.55. The Bertz CT molecular complexity index is 323. The Hall–Kier alpha value is -1.06. The van der Waals surface area contributed by atoms with Crippen LogP contribution in [0.3, 0.4) is 0 Å². The summed E-state index contributed by atoms with van der Waals surface area (Å²) in [6.07, 6.45) is 8.67. The molecule has 0 radical (unpaired) electrons. The van der Waals surface area contributed by atoms with Gasteiger partial charge in [0.15, 0.2) is 0 Å². The lowest BCUT2D eigenvalue weighted by molar-refractivity contribution is -0.149. The number of hydrogen-bond donors (Lipinski definition) is 0. The first-order valence-corrected chi connectivity index (χ1v) is 7.56. The van der Waals surface area contributed by atoms with Crippen molar-refractivity contribution >= 4 is 11.9 Å². The summed E-state index contributed by atoms with van der Waals surface area (Å²) in [4.78, 5) is 25.6. The number of carbonyl (C=O) groups excluding carboxylic acids is 2. The normalized spacial score (nSPS) is 24.5. The van der Waals surface area contributed by atoms with Crippen LogP contribution in [0, 0.1) is 11.8 Å². The van der Waals surface area contributed by atoms with E-state index in [1.807, 2.05) is 4.90 Å². The first-order chi connectivity index (χ1) is 9.20. The molecule has 4 heteroatoms. The molecule has 0 aromatic rings. The quantitative estimate of drug-likeness (QED) is 0.735. The molecule has 1 aliphatic heterocycles. The smallest absolute Gasteiger partial charge is 0.310 e. The molecule has 0 aromatic heterocycles. The van der Waals surface area contributed by atoms with E-state index in [-0.39, 0.29) is 17.8 Å². The highest BCUT2D eigenvalue weighted by Crippen LogP contribution is 2.29. The van der Waals surface area contributed by atoms with Gasteiger partial charge in [-0.25, -0.2) is 0 Å². The number of rotatable bonds is 4. The number of methoxy groups -OCH3 is 1. The summed E-state index contributed by atoms with van der Waals surface area (Å²) in [6, 6.07) is 0. The van der Waals surface area contributed by atoms with Crippen LogP contribution in [-0.2, 0) is 14.3 Å². The molecule has 1 atom stereocenters. The predicted molar refractivity (Wildman–Crippen MR) is 72.5 cm³/mol. The Labute approximate surface area is 115 Å². The lowest BCUT2D eigenvalue weighted by Gasteiger charge is -2.31. The molecule has 4 nitrogen and oxygen atoms in total. The van der Waals surface area contributed by atoms with Gasteiger partial charge < -0.3 is 9.64 Å². The second-order valence-electron chi connectivity index (χ2n) is 5.89. The largest absolute Gasteiger partial charge is 0.469 e. The molecule has 0 bridgehead atoms. The second kappa shape index (κ2) is 6.92. The fourth-order valence-electron chi connectivity index (χ4n) is 3.35. The number of hydrogen-bond acceptors (Lipinski definition) is 3. The van der Waals surface area contributed by atoms with Crippen molar-refractivity contribution in [1.82, 2.24) is 4.90 Å². The summed E-state index contributed by atoms with van der Waals surface area (Å²) in [5, 5.41) is 0. The predicted octanol–water partition coefficient (Wildman–Crippen LogP) is 2.37. The second-order valence-corrected chi connectivity index (χ2v) is 5.89. The van der Waals surface area contributed by atoms with E-state index < -0.39 is 0 Å². The van der Waals surface area contributed by atoms with E-state index in [1.54, 1.807) is 0 Å². The van der Waals surface area contributed by atoms with E-state index in [1.165, 1.54) is 32.8 Å². The van der Waals surface area contributed by atoms with Crippen LogP contribution in [0.2, 0.25) is 0 Å². The minimum absolute atomic E-state index is 0.116. The van der Waals surface area contributed by atoms with Crippen LogP contribution < -0.4 is 0 Å². The SMILES string of the molecule is COC(=O)[C@H]1CCCN(C(=O)CCC2CCCC2)C1. The number of amides is 1. The van der Waals surface area contributed by atoms with E-state index in [0.717, 1.165) is 31.7 Å². The van der Waals surface area contributed by atoms with Crippen molar-refractivity contribution in [3.8, 4) is 0 Å². The van der Waals surface area contributed by atoms with Crippen LogP contribution in [0.15, 0.2) is 0 Å². The van der Waals surface area contributed by atoms with Crippen molar-refractivity contribution in [2.75, 3.05) is 20.2 Å². The molecule has 1 saturated carbocycles. The Kier molecular flexibility index (Phi) is 5.23. The van der Waals surface area contributed by atoms with Gasteiger partial charge in [-0.05, 0) is 25.2 Å². The molecular formula is C15H25NO3. The van der Waals surface area contributed by atoms with Crippen molar-refractivity contribution in [1.29, 1.82) is 0 Å². The highest BCUT2D eigenvalue weighted by atomic mass is 16.5. The summed E-state index contributed by atoms with van der Waals surface area (Å²) in [5.74, 6) is 0.688. The molecule has 1 heterocycles. The Morgan fingerprint density at radius 2 is 1.89 bits per heavy atom. The maximum atomic E-state index is 12.2. The van der Waals surface area contributed by atoms with E-state index in [2.05, 4.69) is 0 Å². The zero-order chi connectivity index (χ0) is 13.7. The summed E-state index contributed by atoms with van der Waals surface area (Å²) in [6.45, 7) is 1.35. The monoisotopic (exact) mass is 267 g/mol. The van der Waals surface area contributed by atoms with Crippen LogP contribution in [0.4, 0.5) is 0 Å². The van der Waals surface area contributed by atoms with Gasteiger partial charge in [0.25, 0.3) is 0 Å². The van der Waals surface area contributed by atoms with Crippen molar-refractivity contribution < 1.29 is 14.3 Å². The van der Waals surface area contributed by atoms with Crippen LogP contribution in [0.25, 0.3) is 0 Å². The van der Waals surface area contributed by atoms with Crippen molar-refractivity contribution in [3.05, 3.63) is 0 Å². The third kappa shape index (κ3) is 3.95. The molecule has 108 valence electrons. The topological polar surface area (TPSA) is 46.6 Å². The number of likely N-dealkylation sites (tertiary alicyclic amines) is 1. The molecule has 19 heavy (non-hydrogen) atoms. The lowest BCUT2D eigenvalue weighted by atomic mass is 9.96. The zero-order valence-electron chi connectivity index (χ0n) is 11.9. The lowest BCUT2D eigenvalue weighted by Crippen LogP contribution is -2.42. The number of esters is 1. The molecule has 1 aliphatic carbocycles. The van der Waals surface area contributed by atoms with Crippen molar-refractivity contribution in [2.24, 2.45) is 11.8 Å². The van der Waals surface area contributed by atoms with Crippen molar-refractivity contribution in [2.45, 2.75) is 51.4 Å². The molecule has 2 fully saturated rings. The number of nitrogens with zero attached hydrogens (tertiary/aromatic N) is 1. The fourth-order valence-corrected chi connectivity index (χ4v) is 3.35. The van der Waals surface area contributed by atoms with Gasteiger partial charge in [-0.3, -0.25) is 9.59 Å². The van der Waals surface area contributed by atoms with Gasteiger partial charge in [-0.1, -0.05) is 25.7 Å². The molecule has 0 N–H and O–H groups in total. The molecule has 0 aromatic carbocycles. The van der Waals surface area contributed by atoms with Crippen LogP contribution in [-0.4, -0.2) is 37.0 Å². The van der Waals surface area contributed by atoms with Gasteiger partial charge in [0.05, 0.1) is 13.0 Å². The highest BCUT2D eigenvalue weighted by Gasteiger charge is 2.29. The Morgan fingerprint density at radius 3 is 2.58 bits per heavy atom. The summed E-state index contributed by atoms with van der Waals surface area (Å²) in [5.41, 5.74) is 0. The summed E-state index contributed by atoms with van der Waals surface area (Å²) < 4.78 is 4.78. The molecule has 1 saturated heterocycles. The van der Waals surface area contributed by atoms with Gasteiger partial charge in [-0.2, -0.15) is 0 Å². The minimum atomic E-state index is -0.173. The van der Waals surface area contributed by atoms with Gasteiger partial charge in [-0.15, -0.1) is 0 Å². The number of piperidine rings is 1. The maximum Gasteiger partial charge on any atom is 0.310 e. The third-order valence-corrected chi connectivity index (χ3v) is 4.55. The fraction of sp³-hybridized carbons (Fsp3) is 0.867. The van der Waals surface area contributed by atoms with Crippen LogP contribution in [0.1, 0.15) is 51.4 Å². The molecule has 2 aliphatic rings.